The summed E-state index contributed by atoms with van der Waals surface area (Å²) in [6, 6.07) is 0.198. The van der Waals surface area contributed by atoms with Gasteiger partial charge in [0.1, 0.15) is 0 Å². The highest BCUT2D eigenvalue weighted by atomic mass is 16.2. The minimum absolute atomic E-state index is 0.0395. The monoisotopic (exact) mass is 200 g/mol. The molecule has 0 heterocycles. The molecule has 0 spiro atoms. The van der Waals surface area contributed by atoms with E-state index < -0.39 is 0 Å². The van der Waals surface area contributed by atoms with Crippen molar-refractivity contribution in [2.24, 2.45) is 5.92 Å². The molecule has 3 heteroatoms. The standard InChI is InChI=1S/C11H24N2O/c1-5-6-7-8-12-11(14)13-10(4)9(2)3/h9-10H,5-8H2,1-4H3,(H2,12,13,14). The van der Waals surface area contributed by atoms with Gasteiger partial charge < -0.3 is 10.6 Å². The number of carbonyl (C=O) groups excluding carboxylic acids is 1. The molecule has 0 aromatic heterocycles. The Hall–Kier alpha value is -0.730. The Morgan fingerprint density at radius 2 is 1.86 bits per heavy atom. The van der Waals surface area contributed by atoms with E-state index in [0.717, 1.165) is 13.0 Å². The van der Waals surface area contributed by atoms with Gasteiger partial charge >= 0.3 is 6.03 Å². The van der Waals surface area contributed by atoms with Crippen molar-refractivity contribution < 1.29 is 4.79 Å². The number of urea groups is 1. The van der Waals surface area contributed by atoms with Crippen LogP contribution in [0.5, 0.6) is 0 Å². The maximum absolute atomic E-state index is 11.3. The van der Waals surface area contributed by atoms with Crippen LogP contribution in [-0.4, -0.2) is 18.6 Å². The van der Waals surface area contributed by atoms with Crippen molar-refractivity contribution in [1.82, 2.24) is 10.6 Å². The summed E-state index contributed by atoms with van der Waals surface area (Å²) in [7, 11) is 0. The van der Waals surface area contributed by atoms with E-state index in [1.54, 1.807) is 0 Å². The molecular weight excluding hydrogens is 176 g/mol. The Bertz CT molecular complexity index is 157. The third-order valence-electron chi connectivity index (χ3n) is 2.42. The van der Waals surface area contributed by atoms with Crippen LogP contribution in [0.15, 0.2) is 0 Å². The van der Waals surface area contributed by atoms with Gasteiger partial charge in [0.25, 0.3) is 0 Å². The van der Waals surface area contributed by atoms with Crippen molar-refractivity contribution in [2.75, 3.05) is 6.54 Å². The third kappa shape index (κ3) is 6.75. The zero-order valence-electron chi connectivity index (χ0n) is 9.89. The Morgan fingerprint density at radius 3 is 2.36 bits per heavy atom. The fraction of sp³-hybridized carbons (Fsp3) is 0.909. The molecule has 2 N–H and O–H groups in total. The molecule has 0 aliphatic heterocycles. The highest BCUT2D eigenvalue weighted by Gasteiger charge is 2.09. The predicted octanol–water partition coefficient (Wildman–Crippen LogP) is 2.52. The summed E-state index contributed by atoms with van der Waals surface area (Å²) in [6.07, 6.45) is 3.44. The topological polar surface area (TPSA) is 41.1 Å². The van der Waals surface area contributed by atoms with Gasteiger partial charge in [0, 0.05) is 12.6 Å². The van der Waals surface area contributed by atoms with Crippen molar-refractivity contribution in [3.05, 3.63) is 0 Å². The second-order valence-electron chi connectivity index (χ2n) is 4.14. The van der Waals surface area contributed by atoms with E-state index in [-0.39, 0.29) is 12.1 Å². The van der Waals surface area contributed by atoms with E-state index in [2.05, 4.69) is 31.4 Å². The lowest BCUT2D eigenvalue weighted by atomic mass is 10.1. The summed E-state index contributed by atoms with van der Waals surface area (Å²) < 4.78 is 0. The van der Waals surface area contributed by atoms with Crippen LogP contribution >= 0.6 is 0 Å². The number of unbranched alkanes of at least 4 members (excludes halogenated alkanes) is 2. The van der Waals surface area contributed by atoms with Crippen molar-refractivity contribution in [3.8, 4) is 0 Å². The van der Waals surface area contributed by atoms with Crippen molar-refractivity contribution in [3.63, 3.8) is 0 Å². The molecule has 14 heavy (non-hydrogen) atoms. The minimum atomic E-state index is -0.0395. The van der Waals surface area contributed by atoms with E-state index in [9.17, 15) is 4.79 Å². The molecule has 0 fully saturated rings. The molecule has 84 valence electrons. The van der Waals surface area contributed by atoms with Crippen LogP contribution in [0.1, 0.15) is 47.0 Å². The summed E-state index contributed by atoms with van der Waals surface area (Å²) in [5.74, 6) is 0.483. The maximum atomic E-state index is 11.3. The average molecular weight is 200 g/mol. The normalized spacial score (nSPS) is 12.6. The molecular formula is C11H24N2O. The number of amides is 2. The van der Waals surface area contributed by atoms with Crippen LogP contribution in [0.2, 0.25) is 0 Å². The second-order valence-corrected chi connectivity index (χ2v) is 4.14. The third-order valence-corrected chi connectivity index (χ3v) is 2.42. The Labute approximate surface area is 87.6 Å². The minimum Gasteiger partial charge on any atom is -0.338 e. The molecule has 0 aliphatic rings. The summed E-state index contributed by atoms with van der Waals surface area (Å²) in [5.41, 5.74) is 0. The van der Waals surface area contributed by atoms with Crippen LogP contribution in [0.4, 0.5) is 4.79 Å². The molecule has 3 nitrogen and oxygen atoms in total. The number of hydrogen-bond acceptors (Lipinski definition) is 1. The van der Waals surface area contributed by atoms with E-state index in [1.807, 2.05) is 6.92 Å². The Balaban J connectivity index is 3.45. The summed E-state index contributed by atoms with van der Waals surface area (Å²) in [5, 5.41) is 5.76. The van der Waals surface area contributed by atoms with Gasteiger partial charge in [0.15, 0.2) is 0 Å². The van der Waals surface area contributed by atoms with E-state index in [1.165, 1.54) is 12.8 Å². The molecule has 0 radical (unpaired) electrons. The van der Waals surface area contributed by atoms with Crippen molar-refractivity contribution in [1.29, 1.82) is 0 Å². The average Bonchev–Trinajstić information content (AvgIpc) is 2.12. The number of carbonyl (C=O) groups is 1. The van der Waals surface area contributed by atoms with E-state index >= 15 is 0 Å². The molecule has 0 aromatic carbocycles. The fourth-order valence-corrected chi connectivity index (χ4v) is 1.00. The molecule has 0 rings (SSSR count). The quantitative estimate of drug-likeness (QED) is 0.636. The zero-order valence-corrected chi connectivity index (χ0v) is 9.89. The summed E-state index contributed by atoms with van der Waals surface area (Å²) in [6.45, 7) is 9.16. The first kappa shape index (κ1) is 13.3. The first-order chi connectivity index (χ1) is 6.57. The van der Waals surface area contributed by atoms with Crippen LogP contribution in [0.25, 0.3) is 0 Å². The van der Waals surface area contributed by atoms with Crippen LogP contribution < -0.4 is 10.6 Å². The largest absolute Gasteiger partial charge is 0.338 e. The van der Waals surface area contributed by atoms with Gasteiger partial charge in [-0.3, -0.25) is 0 Å². The molecule has 1 atom stereocenters. The van der Waals surface area contributed by atoms with Crippen LogP contribution in [-0.2, 0) is 0 Å². The van der Waals surface area contributed by atoms with Gasteiger partial charge in [0.2, 0.25) is 0 Å². The molecule has 0 saturated heterocycles. The summed E-state index contributed by atoms with van der Waals surface area (Å²) >= 11 is 0. The lowest BCUT2D eigenvalue weighted by molar-refractivity contribution is 0.234. The summed E-state index contributed by atoms with van der Waals surface area (Å²) in [4.78, 5) is 11.3. The SMILES string of the molecule is CCCCCNC(=O)NC(C)C(C)C. The Kier molecular flexibility index (Phi) is 7.25. The molecule has 2 amide bonds. The lowest BCUT2D eigenvalue weighted by Gasteiger charge is -2.17. The number of hydrogen-bond donors (Lipinski definition) is 2. The molecule has 0 saturated carbocycles. The highest BCUT2D eigenvalue weighted by Crippen LogP contribution is 1.99. The Morgan fingerprint density at radius 1 is 1.21 bits per heavy atom. The van der Waals surface area contributed by atoms with Gasteiger partial charge in [-0.2, -0.15) is 0 Å². The van der Waals surface area contributed by atoms with Gasteiger partial charge in [-0.05, 0) is 19.3 Å². The van der Waals surface area contributed by atoms with Gasteiger partial charge in [-0.25, -0.2) is 4.79 Å². The van der Waals surface area contributed by atoms with Crippen LogP contribution in [0, 0.1) is 5.92 Å². The first-order valence-electron chi connectivity index (χ1n) is 5.62. The zero-order chi connectivity index (χ0) is 11.0. The van der Waals surface area contributed by atoms with Crippen molar-refractivity contribution >= 4 is 6.03 Å². The van der Waals surface area contributed by atoms with E-state index in [0.29, 0.717) is 5.92 Å². The molecule has 1 unspecified atom stereocenters. The molecule has 0 aromatic rings. The first-order valence-corrected chi connectivity index (χ1v) is 5.62. The van der Waals surface area contributed by atoms with Gasteiger partial charge in [0.05, 0.1) is 0 Å². The van der Waals surface area contributed by atoms with Crippen LogP contribution in [0.3, 0.4) is 0 Å². The van der Waals surface area contributed by atoms with Crippen molar-refractivity contribution in [2.45, 2.75) is 53.0 Å². The lowest BCUT2D eigenvalue weighted by Crippen LogP contribution is -2.43. The smallest absolute Gasteiger partial charge is 0.315 e. The predicted molar refractivity (Wildman–Crippen MR) is 60.4 cm³/mol. The molecule has 0 aliphatic carbocycles. The fourth-order valence-electron chi connectivity index (χ4n) is 1.00. The second kappa shape index (κ2) is 7.65. The van der Waals surface area contributed by atoms with Gasteiger partial charge in [-0.15, -0.1) is 0 Å². The van der Waals surface area contributed by atoms with Gasteiger partial charge in [-0.1, -0.05) is 33.6 Å². The number of nitrogens with one attached hydrogen (secondary N) is 2. The highest BCUT2D eigenvalue weighted by molar-refractivity contribution is 5.74. The molecule has 0 bridgehead atoms. The van der Waals surface area contributed by atoms with E-state index in [4.69, 9.17) is 0 Å². The number of rotatable bonds is 6. The maximum Gasteiger partial charge on any atom is 0.315 e.